The second-order valence-electron chi connectivity index (χ2n) is 6.73. The van der Waals surface area contributed by atoms with E-state index in [4.69, 9.17) is 0 Å². The number of hydrogen-bond acceptors (Lipinski definition) is 2. The molecule has 0 atom stereocenters. The number of rotatable bonds is 3. The van der Waals surface area contributed by atoms with Crippen LogP contribution >= 0.6 is 0 Å². The van der Waals surface area contributed by atoms with E-state index in [1.807, 2.05) is 66.7 Å². The van der Waals surface area contributed by atoms with Crippen LogP contribution in [0.4, 0.5) is 5.69 Å². The molecule has 0 aliphatic rings. The van der Waals surface area contributed by atoms with E-state index in [0.717, 1.165) is 17.1 Å². The van der Waals surface area contributed by atoms with Gasteiger partial charge >= 0.3 is 0 Å². The van der Waals surface area contributed by atoms with Gasteiger partial charge in [0.2, 0.25) is 0 Å². The molecule has 0 unspecified atom stereocenters. The molecule has 3 rings (SSSR count). The number of hydrogen-bond donors (Lipinski definition) is 1. The fourth-order valence-electron chi connectivity index (χ4n) is 2.39. The molecule has 4 heteroatoms. The molecule has 0 fully saturated rings. The van der Waals surface area contributed by atoms with Gasteiger partial charge < -0.3 is 5.32 Å². The van der Waals surface area contributed by atoms with Crippen molar-refractivity contribution in [3.05, 3.63) is 78.1 Å². The minimum atomic E-state index is -0.173. The van der Waals surface area contributed by atoms with Crippen molar-refractivity contribution in [2.45, 2.75) is 26.2 Å². The molecule has 4 nitrogen and oxygen atoms in total. The topological polar surface area (TPSA) is 46.9 Å². The van der Waals surface area contributed by atoms with Crippen molar-refractivity contribution in [2.75, 3.05) is 5.32 Å². The fraction of sp³-hybridized carbons (Fsp3) is 0.200. The molecule has 0 aliphatic heterocycles. The highest BCUT2D eigenvalue weighted by atomic mass is 16.2. The van der Waals surface area contributed by atoms with Gasteiger partial charge in [0.25, 0.3) is 5.91 Å². The smallest absolute Gasteiger partial charge is 0.274 e. The van der Waals surface area contributed by atoms with E-state index in [2.05, 4.69) is 31.2 Å². The number of carbonyl (C=O) groups is 1. The molecular formula is C20H21N3O. The van der Waals surface area contributed by atoms with Gasteiger partial charge in [-0.15, -0.1) is 0 Å². The average molecular weight is 319 g/mol. The van der Waals surface area contributed by atoms with Gasteiger partial charge in [0.1, 0.15) is 5.69 Å². The van der Waals surface area contributed by atoms with Crippen molar-refractivity contribution >= 4 is 11.6 Å². The van der Waals surface area contributed by atoms with Crippen LogP contribution in [-0.4, -0.2) is 15.7 Å². The molecule has 0 radical (unpaired) electrons. The maximum atomic E-state index is 12.8. The van der Waals surface area contributed by atoms with Crippen molar-refractivity contribution in [1.29, 1.82) is 0 Å². The lowest BCUT2D eigenvalue weighted by molar-refractivity contribution is 0.101. The van der Waals surface area contributed by atoms with Gasteiger partial charge in [-0.3, -0.25) is 4.79 Å². The first-order chi connectivity index (χ1) is 11.4. The van der Waals surface area contributed by atoms with Crippen LogP contribution in [0.5, 0.6) is 0 Å². The fourth-order valence-corrected chi connectivity index (χ4v) is 2.39. The molecule has 1 amide bonds. The van der Waals surface area contributed by atoms with Gasteiger partial charge in [0.05, 0.1) is 11.4 Å². The van der Waals surface area contributed by atoms with Crippen LogP contribution in [0.3, 0.4) is 0 Å². The Labute approximate surface area is 142 Å². The summed E-state index contributed by atoms with van der Waals surface area (Å²) in [6.45, 7) is 6.26. The standard InChI is InChI=1S/C20H21N3O/c1-20(2,3)18-14-17(19(24)21-15-10-6-4-7-11-15)23(22-18)16-12-8-5-9-13-16/h4-14H,1-3H3,(H,21,24). The summed E-state index contributed by atoms with van der Waals surface area (Å²) in [5, 5.41) is 7.60. The van der Waals surface area contributed by atoms with Crippen LogP contribution in [0.25, 0.3) is 5.69 Å². The predicted octanol–water partition coefficient (Wildman–Crippen LogP) is 4.42. The first-order valence-electron chi connectivity index (χ1n) is 7.97. The summed E-state index contributed by atoms with van der Waals surface area (Å²) >= 11 is 0. The van der Waals surface area contributed by atoms with Gasteiger partial charge in [0.15, 0.2) is 0 Å². The van der Waals surface area contributed by atoms with Crippen LogP contribution in [0.1, 0.15) is 37.0 Å². The largest absolute Gasteiger partial charge is 0.321 e. The molecule has 0 spiro atoms. The molecule has 0 aliphatic carbocycles. The van der Waals surface area contributed by atoms with E-state index >= 15 is 0 Å². The molecule has 0 saturated heterocycles. The molecule has 0 saturated carbocycles. The first kappa shape index (κ1) is 16.0. The van der Waals surface area contributed by atoms with Crippen molar-refractivity contribution in [2.24, 2.45) is 0 Å². The molecule has 0 bridgehead atoms. The zero-order valence-electron chi connectivity index (χ0n) is 14.2. The van der Waals surface area contributed by atoms with Crippen LogP contribution in [-0.2, 0) is 5.41 Å². The number of nitrogens with zero attached hydrogens (tertiary/aromatic N) is 2. The van der Waals surface area contributed by atoms with Gasteiger partial charge in [-0.2, -0.15) is 5.10 Å². The third-order valence-corrected chi connectivity index (χ3v) is 3.74. The van der Waals surface area contributed by atoms with Crippen molar-refractivity contribution in [3.63, 3.8) is 0 Å². The monoisotopic (exact) mass is 319 g/mol. The van der Waals surface area contributed by atoms with Gasteiger partial charge in [-0.25, -0.2) is 4.68 Å². The molecule has 122 valence electrons. The summed E-state index contributed by atoms with van der Waals surface area (Å²) in [7, 11) is 0. The molecule has 1 heterocycles. The highest BCUT2D eigenvalue weighted by Crippen LogP contribution is 2.24. The highest BCUT2D eigenvalue weighted by molar-refractivity contribution is 6.03. The van der Waals surface area contributed by atoms with Crippen LogP contribution < -0.4 is 5.32 Å². The summed E-state index contributed by atoms with van der Waals surface area (Å²) in [6.07, 6.45) is 0. The highest BCUT2D eigenvalue weighted by Gasteiger charge is 2.23. The van der Waals surface area contributed by atoms with E-state index in [0.29, 0.717) is 5.69 Å². The Balaban J connectivity index is 2.02. The summed E-state index contributed by atoms with van der Waals surface area (Å²) in [5.74, 6) is -0.173. The quantitative estimate of drug-likeness (QED) is 0.776. The Bertz CT molecular complexity index is 830. The SMILES string of the molecule is CC(C)(C)c1cc(C(=O)Nc2ccccc2)n(-c2ccccc2)n1. The maximum Gasteiger partial charge on any atom is 0.274 e. The molecule has 3 aromatic rings. The number of nitrogens with one attached hydrogen (secondary N) is 1. The van der Waals surface area contributed by atoms with E-state index in [-0.39, 0.29) is 11.3 Å². The normalized spacial score (nSPS) is 11.3. The molecule has 1 aromatic heterocycles. The number of aromatic nitrogens is 2. The second-order valence-corrected chi connectivity index (χ2v) is 6.73. The third kappa shape index (κ3) is 3.38. The summed E-state index contributed by atoms with van der Waals surface area (Å²) in [5.41, 5.74) is 2.90. The lowest BCUT2D eigenvalue weighted by atomic mass is 9.92. The lowest BCUT2D eigenvalue weighted by Gasteiger charge is -2.14. The second kappa shape index (κ2) is 6.32. The minimum absolute atomic E-state index is 0.137. The van der Waals surface area contributed by atoms with Crippen molar-refractivity contribution in [1.82, 2.24) is 9.78 Å². The third-order valence-electron chi connectivity index (χ3n) is 3.74. The summed E-state index contributed by atoms with van der Waals surface area (Å²) in [4.78, 5) is 12.8. The van der Waals surface area contributed by atoms with E-state index in [1.54, 1.807) is 4.68 Å². The first-order valence-corrected chi connectivity index (χ1v) is 7.97. The maximum absolute atomic E-state index is 12.8. The Morgan fingerprint density at radius 3 is 2.12 bits per heavy atom. The van der Waals surface area contributed by atoms with Crippen LogP contribution in [0.15, 0.2) is 66.7 Å². The predicted molar refractivity (Wildman–Crippen MR) is 96.7 cm³/mol. The zero-order valence-corrected chi connectivity index (χ0v) is 14.2. The van der Waals surface area contributed by atoms with Gasteiger partial charge in [0, 0.05) is 11.1 Å². The van der Waals surface area contributed by atoms with Crippen LogP contribution in [0.2, 0.25) is 0 Å². The van der Waals surface area contributed by atoms with Gasteiger partial charge in [-0.1, -0.05) is 57.2 Å². The van der Waals surface area contributed by atoms with E-state index in [1.165, 1.54) is 0 Å². The van der Waals surface area contributed by atoms with E-state index in [9.17, 15) is 4.79 Å². The van der Waals surface area contributed by atoms with E-state index < -0.39 is 0 Å². The Hall–Kier alpha value is -2.88. The molecular weight excluding hydrogens is 298 g/mol. The number of amides is 1. The number of carbonyl (C=O) groups excluding carboxylic acids is 1. The number of benzene rings is 2. The zero-order chi connectivity index (χ0) is 17.2. The Morgan fingerprint density at radius 1 is 0.958 bits per heavy atom. The van der Waals surface area contributed by atoms with Crippen molar-refractivity contribution < 1.29 is 4.79 Å². The lowest BCUT2D eigenvalue weighted by Crippen LogP contribution is -2.16. The summed E-state index contributed by atoms with van der Waals surface area (Å²) in [6, 6.07) is 21.0. The van der Waals surface area contributed by atoms with Crippen molar-refractivity contribution in [3.8, 4) is 5.69 Å². The molecule has 2 aromatic carbocycles. The summed E-state index contributed by atoms with van der Waals surface area (Å²) < 4.78 is 1.71. The minimum Gasteiger partial charge on any atom is -0.321 e. The Kier molecular flexibility index (Phi) is 4.21. The average Bonchev–Trinajstić information content (AvgIpc) is 3.02. The number of anilines is 1. The Morgan fingerprint density at radius 2 is 1.54 bits per heavy atom. The molecule has 24 heavy (non-hydrogen) atoms. The molecule has 1 N–H and O–H groups in total. The van der Waals surface area contributed by atoms with Crippen LogP contribution in [0, 0.1) is 0 Å². The number of para-hydroxylation sites is 2. The van der Waals surface area contributed by atoms with Gasteiger partial charge in [-0.05, 0) is 30.3 Å².